The summed E-state index contributed by atoms with van der Waals surface area (Å²) in [6.07, 6.45) is 2.09. The minimum absolute atomic E-state index is 0.0191. The van der Waals surface area contributed by atoms with E-state index in [-0.39, 0.29) is 5.92 Å². The maximum absolute atomic E-state index is 15.4. The molecular weight excluding hydrogens is 463 g/mol. The van der Waals surface area contributed by atoms with Crippen molar-refractivity contribution in [3.05, 3.63) is 65.9 Å². The SMILES string of the molecule is COc1ccc2nccc([C@H](F)CC[C@@H]3CCN(CCSc4ccc(C)cc4)C[C@@H]3C(=O)O)c2c1. The van der Waals surface area contributed by atoms with Crippen LogP contribution in [-0.4, -0.2) is 53.5 Å². The lowest BCUT2D eigenvalue weighted by molar-refractivity contribution is -0.146. The van der Waals surface area contributed by atoms with E-state index in [0.717, 1.165) is 36.2 Å². The number of piperidine rings is 1. The molecule has 2 heterocycles. The molecule has 0 spiro atoms. The molecular formula is C28H33FN2O3S. The molecule has 1 N–H and O–H groups in total. The number of carboxylic acid groups (broad SMARTS) is 1. The fourth-order valence-electron chi connectivity index (χ4n) is 4.89. The molecule has 1 aliphatic heterocycles. The lowest BCUT2D eigenvalue weighted by Gasteiger charge is -2.36. The molecule has 0 unspecified atom stereocenters. The van der Waals surface area contributed by atoms with Crippen LogP contribution in [0.2, 0.25) is 0 Å². The zero-order valence-electron chi connectivity index (χ0n) is 20.3. The lowest BCUT2D eigenvalue weighted by Crippen LogP contribution is -2.44. The first-order valence-electron chi connectivity index (χ1n) is 12.2. The number of fused-ring (bicyclic) bond motifs is 1. The Morgan fingerprint density at radius 2 is 2.06 bits per heavy atom. The van der Waals surface area contributed by atoms with Gasteiger partial charge in [-0.25, -0.2) is 4.39 Å². The minimum atomic E-state index is -1.18. The highest BCUT2D eigenvalue weighted by atomic mass is 32.2. The van der Waals surface area contributed by atoms with Gasteiger partial charge in [-0.1, -0.05) is 17.7 Å². The van der Waals surface area contributed by atoms with Gasteiger partial charge in [0, 0.05) is 35.3 Å². The first-order chi connectivity index (χ1) is 16.9. The van der Waals surface area contributed by atoms with E-state index in [1.807, 2.05) is 18.2 Å². The highest BCUT2D eigenvalue weighted by Gasteiger charge is 2.34. The van der Waals surface area contributed by atoms with Crippen LogP contribution in [0.3, 0.4) is 0 Å². The van der Waals surface area contributed by atoms with Gasteiger partial charge < -0.3 is 14.7 Å². The van der Waals surface area contributed by atoms with E-state index in [0.29, 0.717) is 30.7 Å². The van der Waals surface area contributed by atoms with Crippen LogP contribution < -0.4 is 4.74 Å². The molecule has 7 heteroatoms. The Morgan fingerprint density at radius 1 is 1.26 bits per heavy atom. The van der Waals surface area contributed by atoms with Crippen LogP contribution in [0.1, 0.15) is 36.6 Å². The Morgan fingerprint density at radius 3 is 2.80 bits per heavy atom. The van der Waals surface area contributed by atoms with Crippen LogP contribution in [0.5, 0.6) is 5.75 Å². The van der Waals surface area contributed by atoms with Crippen molar-refractivity contribution in [1.29, 1.82) is 0 Å². The molecule has 35 heavy (non-hydrogen) atoms. The highest BCUT2D eigenvalue weighted by Crippen LogP contribution is 2.35. The number of hydrogen-bond acceptors (Lipinski definition) is 5. The summed E-state index contributed by atoms with van der Waals surface area (Å²) in [5, 5.41) is 10.6. The van der Waals surface area contributed by atoms with Crippen LogP contribution in [0.15, 0.2) is 59.6 Å². The lowest BCUT2D eigenvalue weighted by atomic mass is 9.81. The molecule has 3 atom stereocenters. The smallest absolute Gasteiger partial charge is 0.308 e. The molecule has 186 valence electrons. The average molecular weight is 497 g/mol. The highest BCUT2D eigenvalue weighted by molar-refractivity contribution is 7.99. The summed E-state index contributed by atoms with van der Waals surface area (Å²) in [6, 6.07) is 15.7. The second kappa shape index (κ2) is 11.9. The number of carboxylic acids is 1. The van der Waals surface area contributed by atoms with Crippen molar-refractivity contribution in [2.75, 3.05) is 32.5 Å². The van der Waals surface area contributed by atoms with Gasteiger partial charge >= 0.3 is 5.97 Å². The number of likely N-dealkylation sites (tertiary alicyclic amines) is 1. The fourth-order valence-corrected chi connectivity index (χ4v) is 5.80. The Kier molecular flexibility index (Phi) is 8.63. The Balaban J connectivity index is 1.32. The Hall–Kier alpha value is -2.64. The maximum Gasteiger partial charge on any atom is 0.308 e. The molecule has 1 aliphatic rings. The average Bonchev–Trinajstić information content (AvgIpc) is 2.88. The van der Waals surface area contributed by atoms with Gasteiger partial charge in [0.2, 0.25) is 0 Å². The molecule has 0 radical (unpaired) electrons. The molecule has 0 bridgehead atoms. The number of thioether (sulfide) groups is 1. The van der Waals surface area contributed by atoms with Gasteiger partial charge in [0.15, 0.2) is 0 Å². The van der Waals surface area contributed by atoms with Crippen molar-refractivity contribution >= 4 is 28.6 Å². The summed E-state index contributed by atoms with van der Waals surface area (Å²) in [7, 11) is 1.59. The van der Waals surface area contributed by atoms with Gasteiger partial charge in [0.05, 0.1) is 18.5 Å². The van der Waals surface area contributed by atoms with E-state index in [1.54, 1.807) is 31.1 Å². The molecule has 3 aromatic rings. The first-order valence-corrected chi connectivity index (χ1v) is 13.1. The number of methoxy groups -OCH3 is 1. The number of hydrogen-bond donors (Lipinski definition) is 1. The summed E-state index contributed by atoms with van der Waals surface area (Å²) in [4.78, 5) is 19.9. The number of aliphatic carboxylic acids is 1. The largest absolute Gasteiger partial charge is 0.497 e. The third-order valence-corrected chi connectivity index (χ3v) is 7.96. The first kappa shape index (κ1) is 25.5. The molecule has 0 aliphatic carbocycles. The number of pyridine rings is 1. The number of alkyl halides is 1. The molecule has 1 fully saturated rings. The number of halogens is 1. The topological polar surface area (TPSA) is 62.7 Å². The standard InChI is InChI=1S/C28H33FN2O3S/c1-19-3-7-22(8-4-19)35-16-15-31-14-12-20(25(18-31)28(32)33)5-9-26(29)23-11-13-30-27-10-6-21(34-2)17-24(23)27/h3-4,6-8,10-11,13,17,20,25-26H,5,9,12,14-16,18H2,1-2H3,(H,32,33)/t20-,25+,26-/m1/s1. The second-order valence-electron chi connectivity index (χ2n) is 9.28. The van der Waals surface area contributed by atoms with Crippen LogP contribution in [0, 0.1) is 18.8 Å². The van der Waals surface area contributed by atoms with Gasteiger partial charge in [0.25, 0.3) is 0 Å². The third-order valence-electron chi connectivity index (χ3n) is 6.97. The van der Waals surface area contributed by atoms with Gasteiger partial charge in [-0.15, -0.1) is 11.8 Å². The van der Waals surface area contributed by atoms with Crippen molar-refractivity contribution in [3.63, 3.8) is 0 Å². The second-order valence-corrected chi connectivity index (χ2v) is 10.5. The number of rotatable bonds is 10. The molecule has 2 aromatic carbocycles. The predicted molar refractivity (Wildman–Crippen MR) is 139 cm³/mol. The summed E-state index contributed by atoms with van der Waals surface area (Å²) in [5.74, 6) is 0.327. The quantitative estimate of drug-likeness (QED) is 0.339. The van der Waals surface area contributed by atoms with Crippen molar-refractivity contribution in [2.24, 2.45) is 11.8 Å². The molecule has 4 rings (SSSR count). The summed E-state index contributed by atoms with van der Waals surface area (Å²) >= 11 is 1.80. The Labute approximate surface area is 210 Å². The number of ether oxygens (including phenoxy) is 1. The van der Waals surface area contributed by atoms with Crippen molar-refractivity contribution in [2.45, 2.75) is 37.3 Å². The van der Waals surface area contributed by atoms with E-state index in [9.17, 15) is 9.90 Å². The summed E-state index contributed by atoms with van der Waals surface area (Å²) in [5.41, 5.74) is 2.56. The zero-order chi connectivity index (χ0) is 24.8. The minimum Gasteiger partial charge on any atom is -0.497 e. The van der Waals surface area contributed by atoms with Crippen molar-refractivity contribution < 1.29 is 19.0 Å². The van der Waals surface area contributed by atoms with Gasteiger partial charge in [0.1, 0.15) is 11.9 Å². The van der Waals surface area contributed by atoms with Crippen LogP contribution >= 0.6 is 11.8 Å². The van der Waals surface area contributed by atoms with Crippen molar-refractivity contribution in [1.82, 2.24) is 9.88 Å². The van der Waals surface area contributed by atoms with Gasteiger partial charge in [-0.3, -0.25) is 9.78 Å². The van der Waals surface area contributed by atoms with E-state index in [4.69, 9.17) is 4.74 Å². The number of nitrogens with zero attached hydrogens (tertiary/aromatic N) is 2. The maximum atomic E-state index is 15.4. The molecule has 5 nitrogen and oxygen atoms in total. The van der Waals surface area contributed by atoms with Crippen LogP contribution in [0.25, 0.3) is 10.9 Å². The monoisotopic (exact) mass is 496 g/mol. The zero-order valence-corrected chi connectivity index (χ0v) is 21.1. The van der Waals surface area contributed by atoms with Crippen molar-refractivity contribution in [3.8, 4) is 5.75 Å². The molecule has 0 amide bonds. The van der Waals surface area contributed by atoms with Crippen LogP contribution in [-0.2, 0) is 4.79 Å². The number of carbonyl (C=O) groups is 1. The summed E-state index contributed by atoms with van der Waals surface area (Å²) < 4.78 is 20.7. The van der Waals surface area contributed by atoms with E-state index in [2.05, 4.69) is 41.1 Å². The third kappa shape index (κ3) is 6.53. The molecule has 1 saturated heterocycles. The van der Waals surface area contributed by atoms with E-state index < -0.39 is 18.1 Å². The predicted octanol–water partition coefficient (Wildman–Crippen LogP) is 6.16. The van der Waals surface area contributed by atoms with Gasteiger partial charge in [-0.2, -0.15) is 0 Å². The Bertz CT molecular complexity index is 1140. The normalized spacial score (nSPS) is 19.5. The number of aromatic nitrogens is 1. The summed E-state index contributed by atoms with van der Waals surface area (Å²) in [6.45, 7) is 4.31. The fraction of sp³-hybridized carbons (Fsp3) is 0.429. The van der Waals surface area contributed by atoms with Gasteiger partial charge in [-0.05, 0) is 80.6 Å². The van der Waals surface area contributed by atoms with Crippen LogP contribution in [0.4, 0.5) is 4.39 Å². The molecule has 1 aromatic heterocycles. The van der Waals surface area contributed by atoms with E-state index in [1.165, 1.54) is 10.5 Å². The number of benzene rings is 2. The number of aryl methyl sites for hydroxylation is 1. The van der Waals surface area contributed by atoms with E-state index >= 15 is 4.39 Å². The molecule has 0 saturated carbocycles.